The molecular formula is C38H55FN2O6S. The van der Waals surface area contributed by atoms with Crippen molar-refractivity contribution in [2.75, 3.05) is 32.8 Å². The molecule has 1 spiro atoms. The van der Waals surface area contributed by atoms with E-state index >= 15 is 0 Å². The Morgan fingerprint density at radius 2 is 1.62 bits per heavy atom. The molecule has 48 heavy (non-hydrogen) atoms. The lowest BCUT2D eigenvalue weighted by Gasteiger charge is -2.61. The lowest BCUT2D eigenvalue weighted by molar-refractivity contribution is -0.273. The van der Waals surface area contributed by atoms with Crippen molar-refractivity contribution in [1.82, 2.24) is 9.21 Å². The lowest BCUT2D eigenvalue weighted by atomic mass is 9.44. The Kier molecular flexibility index (Phi) is 8.29. The van der Waals surface area contributed by atoms with Gasteiger partial charge in [0.25, 0.3) is 0 Å². The summed E-state index contributed by atoms with van der Waals surface area (Å²) < 4.78 is 60.4. The summed E-state index contributed by atoms with van der Waals surface area (Å²) in [6.07, 6.45) is 11.3. The highest BCUT2D eigenvalue weighted by Crippen LogP contribution is 2.71. The number of amides is 1. The molecule has 8 rings (SSSR count). The van der Waals surface area contributed by atoms with Gasteiger partial charge in [-0.25, -0.2) is 17.6 Å². The summed E-state index contributed by atoms with van der Waals surface area (Å²) in [4.78, 5) is 15.0. The second-order valence-electron chi connectivity index (χ2n) is 17.3. The zero-order valence-electron chi connectivity index (χ0n) is 29.2. The topological polar surface area (TPSA) is 85.4 Å². The number of ether oxygens (including phenoxy) is 3. The average Bonchev–Trinajstić information content (AvgIpc) is 3.52. The molecule has 0 aromatic heterocycles. The predicted octanol–water partition coefficient (Wildman–Crippen LogP) is 7.08. The van der Waals surface area contributed by atoms with Crippen LogP contribution < -0.4 is 0 Å². The second kappa shape index (κ2) is 11.9. The van der Waals surface area contributed by atoms with Gasteiger partial charge in [-0.3, -0.25) is 0 Å². The number of carbonyl (C=O) groups excluding carboxylic acids is 1. The maximum atomic E-state index is 13.3. The highest BCUT2D eigenvalue weighted by Gasteiger charge is 2.69. The van der Waals surface area contributed by atoms with Crippen molar-refractivity contribution in [2.45, 2.75) is 115 Å². The molecule has 3 aliphatic heterocycles. The number of sulfonamides is 1. The summed E-state index contributed by atoms with van der Waals surface area (Å²) in [6.45, 7) is 11.7. The smallest absolute Gasteiger partial charge is 0.410 e. The minimum absolute atomic E-state index is 0.0679. The van der Waals surface area contributed by atoms with Gasteiger partial charge in [0.1, 0.15) is 11.9 Å². The van der Waals surface area contributed by atoms with Crippen molar-refractivity contribution < 1.29 is 31.8 Å². The first-order chi connectivity index (χ1) is 22.8. The second-order valence-corrected chi connectivity index (χ2v) is 19.2. The summed E-state index contributed by atoms with van der Waals surface area (Å²) in [5.41, 5.74) is 0.598. The van der Waals surface area contributed by atoms with Crippen molar-refractivity contribution in [3.05, 3.63) is 30.1 Å². The Labute approximate surface area is 286 Å². The third-order valence-electron chi connectivity index (χ3n) is 15.1. The molecule has 7 fully saturated rings. The number of rotatable bonds is 3. The summed E-state index contributed by atoms with van der Waals surface area (Å²) in [7, 11) is -3.73. The fourth-order valence-corrected chi connectivity index (χ4v) is 13.8. The van der Waals surface area contributed by atoms with Gasteiger partial charge in [-0.1, -0.05) is 27.7 Å². The van der Waals surface area contributed by atoms with Crippen LogP contribution in [-0.4, -0.2) is 74.5 Å². The van der Waals surface area contributed by atoms with Crippen molar-refractivity contribution in [3.8, 4) is 0 Å². The van der Waals surface area contributed by atoms with Gasteiger partial charge < -0.3 is 19.1 Å². The molecule has 7 aliphatic rings. The van der Waals surface area contributed by atoms with E-state index in [1.54, 1.807) is 4.90 Å². The number of fused-ring (bicyclic) bond motifs is 7. The van der Waals surface area contributed by atoms with E-state index in [9.17, 15) is 17.6 Å². The van der Waals surface area contributed by atoms with E-state index in [0.29, 0.717) is 41.1 Å². The Hall–Kier alpha value is -1.75. The van der Waals surface area contributed by atoms with Crippen LogP contribution in [0.4, 0.5) is 9.18 Å². The van der Waals surface area contributed by atoms with E-state index < -0.39 is 15.8 Å². The van der Waals surface area contributed by atoms with E-state index in [4.69, 9.17) is 14.2 Å². The Morgan fingerprint density at radius 3 is 2.33 bits per heavy atom. The lowest BCUT2D eigenvalue weighted by Crippen LogP contribution is -2.55. The molecule has 0 radical (unpaired) electrons. The third kappa shape index (κ3) is 5.19. The first-order valence-corrected chi connectivity index (χ1v) is 20.3. The Bertz CT molecular complexity index is 1490. The van der Waals surface area contributed by atoms with Crippen LogP contribution in [0.3, 0.4) is 0 Å². The van der Waals surface area contributed by atoms with E-state index in [2.05, 4.69) is 27.7 Å². The van der Waals surface area contributed by atoms with Gasteiger partial charge in [0, 0.05) is 38.5 Å². The molecule has 0 N–H and O–H groups in total. The van der Waals surface area contributed by atoms with Gasteiger partial charge in [0.05, 0.1) is 17.6 Å². The normalized spacial score (nSPS) is 46.0. The SMILES string of the molecule is C[C@H]1CC[C@@]2(OC1)O[C@H]1C[C@H]3[C@@H]4CC[C@@H]5C[C@@H](OC(=O)N6CCN(S(=O)(=O)c7ccc(F)cc7)CC6)CC[C@]5(C)[C@H]4CC[C@]3(C)[C@H]1[C@@H]2C. The zero-order valence-corrected chi connectivity index (χ0v) is 30.1. The van der Waals surface area contributed by atoms with Crippen LogP contribution >= 0.6 is 0 Å². The molecule has 0 bridgehead atoms. The molecule has 10 heteroatoms. The van der Waals surface area contributed by atoms with Gasteiger partial charge in [0.15, 0.2) is 5.79 Å². The summed E-state index contributed by atoms with van der Waals surface area (Å²) in [6, 6.07) is 4.89. The van der Waals surface area contributed by atoms with Crippen molar-refractivity contribution in [1.29, 1.82) is 0 Å². The maximum absolute atomic E-state index is 13.3. The highest BCUT2D eigenvalue weighted by molar-refractivity contribution is 7.89. The van der Waals surface area contributed by atoms with Gasteiger partial charge in [0.2, 0.25) is 10.0 Å². The number of benzene rings is 1. The number of nitrogens with zero attached hydrogens (tertiary/aromatic N) is 2. The van der Waals surface area contributed by atoms with Crippen LogP contribution in [-0.2, 0) is 24.2 Å². The molecule has 12 atom stereocenters. The predicted molar refractivity (Wildman–Crippen MR) is 179 cm³/mol. The highest BCUT2D eigenvalue weighted by atomic mass is 32.2. The molecule has 4 aliphatic carbocycles. The summed E-state index contributed by atoms with van der Waals surface area (Å²) in [5.74, 6) is 3.56. The molecular weight excluding hydrogens is 631 g/mol. The Morgan fingerprint density at radius 1 is 0.896 bits per heavy atom. The van der Waals surface area contributed by atoms with E-state index in [-0.39, 0.29) is 54.5 Å². The fourth-order valence-electron chi connectivity index (χ4n) is 12.4. The maximum Gasteiger partial charge on any atom is 0.410 e. The minimum atomic E-state index is -3.73. The van der Waals surface area contributed by atoms with Crippen LogP contribution in [0.2, 0.25) is 0 Å². The molecule has 4 saturated carbocycles. The first-order valence-electron chi connectivity index (χ1n) is 18.9. The van der Waals surface area contributed by atoms with Gasteiger partial charge in [-0.15, -0.1) is 0 Å². The van der Waals surface area contributed by atoms with Crippen LogP contribution in [0.25, 0.3) is 0 Å². The van der Waals surface area contributed by atoms with Crippen LogP contribution in [0.5, 0.6) is 0 Å². The van der Waals surface area contributed by atoms with E-state index in [1.165, 1.54) is 55.0 Å². The summed E-state index contributed by atoms with van der Waals surface area (Å²) >= 11 is 0. The molecule has 0 unspecified atom stereocenters. The number of halogens is 1. The van der Waals surface area contributed by atoms with E-state index in [0.717, 1.165) is 56.3 Å². The Balaban J connectivity index is 0.870. The molecule has 3 saturated heterocycles. The summed E-state index contributed by atoms with van der Waals surface area (Å²) in [5, 5.41) is 0. The average molecular weight is 687 g/mol. The number of hydrogen-bond donors (Lipinski definition) is 0. The quantitative estimate of drug-likeness (QED) is 0.338. The van der Waals surface area contributed by atoms with Gasteiger partial charge in [-0.05, 0) is 128 Å². The standard InChI is InChI=1S/C38H55FN2O6S/c1-24-11-16-38(45-23-24)25(2)34-33(47-38)22-32-30-10-5-26-21-28(12-14-36(26,3)31(30)13-15-37(32,34)4)46-35(42)40-17-19-41(20-18-40)48(43,44)29-8-6-27(39)7-9-29/h6-9,24-26,28,30-34H,5,10-23H2,1-4H3/t24-,25-,26+,28-,30+,31-,32-,33-,34-,36-,37-,38+/m0/s1. The van der Waals surface area contributed by atoms with Crippen LogP contribution in [0, 0.1) is 58.1 Å². The number of piperazine rings is 1. The minimum Gasteiger partial charge on any atom is -0.446 e. The van der Waals surface area contributed by atoms with E-state index in [1.807, 2.05) is 0 Å². The largest absolute Gasteiger partial charge is 0.446 e. The molecule has 1 amide bonds. The van der Waals surface area contributed by atoms with Gasteiger partial charge in [-0.2, -0.15) is 4.31 Å². The van der Waals surface area contributed by atoms with Crippen molar-refractivity contribution >= 4 is 16.1 Å². The van der Waals surface area contributed by atoms with Crippen molar-refractivity contribution in [2.24, 2.45) is 52.3 Å². The molecule has 1 aromatic carbocycles. The van der Waals surface area contributed by atoms with Crippen LogP contribution in [0.1, 0.15) is 91.9 Å². The molecule has 8 nitrogen and oxygen atoms in total. The number of carbonyl (C=O) groups is 1. The first kappa shape index (κ1) is 33.4. The van der Waals surface area contributed by atoms with Crippen LogP contribution in [0.15, 0.2) is 29.2 Å². The van der Waals surface area contributed by atoms with Gasteiger partial charge >= 0.3 is 6.09 Å². The monoisotopic (exact) mass is 686 g/mol. The molecule has 3 heterocycles. The molecule has 266 valence electrons. The third-order valence-corrected chi connectivity index (χ3v) is 17.0. The number of hydrogen-bond acceptors (Lipinski definition) is 6. The fraction of sp³-hybridized carbons (Fsp3) is 0.816. The molecule has 1 aromatic rings. The zero-order chi connectivity index (χ0) is 33.6. The van der Waals surface area contributed by atoms with Crippen molar-refractivity contribution in [3.63, 3.8) is 0 Å².